The number of rotatable bonds is 6. The second-order valence-corrected chi connectivity index (χ2v) is 6.90. The van der Waals surface area contributed by atoms with Gasteiger partial charge in [0.2, 0.25) is 0 Å². The van der Waals surface area contributed by atoms with Crippen LogP contribution in [0.25, 0.3) is 0 Å². The Balaban J connectivity index is 2.05. The summed E-state index contributed by atoms with van der Waals surface area (Å²) in [5.41, 5.74) is 2.49. The van der Waals surface area contributed by atoms with E-state index >= 15 is 0 Å². The van der Waals surface area contributed by atoms with E-state index in [4.69, 9.17) is 4.74 Å². The average molecular weight is 437 g/mol. The maximum absolute atomic E-state index is 12.4. The molecule has 0 unspecified atom stereocenters. The minimum atomic E-state index is -0.361. The van der Waals surface area contributed by atoms with E-state index in [2.05, 4.69) is 22.6 Å². The summed E-state index contributed by atoms with van der Waals surface area (Å²) in [5, 5.41) is 0. The fourth-order valence-electron chi connectivity index (χ4n) is 2.24. The fourth-order valence-corrected chi connectivity index (χ4v) is 2.70. The Bertz CT molecular complexity index is 701. The molecular formula is C19H20INO3. The number of carbonyl (C=O) groups excluding carboxylic acids is 2. The van der Waals surface area contributed by atoms with Gasteiger partial charge in [-0.05, 0) is 59.7 Å². The van der Waals surface area contributed by atoms with Crippen LogP contribution in [0.1, 0.15) is 35.3 Å². The molecule has 0 saturated heterocycles. The maximum Gasteiger partial charge on any atom is 0.410 e. The molecule has 0 aliphatic heterocycles. The molecule has 0 radical (unpaired) electrons. The van der Waals surface area contributed by atoms with Gasteiger partial charge in [-0.25, -0.2) is 4.79 Å². The summed E-state index contributed by atoms with van der Waals surface area (Å²) in [6.45, 7) is 4.53. The summed E-state index contributed by atoms with van der Waals surface area (Å²) < 4.78 is 6.32. The number of hydrogen-bond donors (Lipinski definition) is 0. The van der Waals surface area contributed by atoms with Crippen LogP contribution in [0.5, 0.6) is 0 Å². The second kappa shape index (κ2) is 8.82. The zero-order valence-electron chi connectivity index (χ0n) is 13.7. The number of aldehydes is 1. The molecule has 2 aromatic carbocycles. The molecule has 2 aromatic rings. The lowest BCUT2D eigenvalue weighted by Crippen LogP contribution is -2.36. The molecule has 0 aromatic heterocycles. The Morgan fingerprint density at radius 1 is 1.17 bits per heavy atom. The zero-order chi connectivity index (χ0) is 17.5. The van der Waals surface area contributed by atoms with Crippen molar-refractivity contribution in [3.8, 4) is 0 Å². The molecule has 1 amide bonds. The highest BCUT2D eigenvalue weighted by Crippen LogP contribution is 2.16. The Labute approximate surface area is 156 Å². The van der Waals surface area contributed by atoms with Crippen molar-refractivity contribution in [3.05, 3.63) is 68.8 Å². The van der Waals surface area contributed by atoms with E-state index in [1.165, 1.54) is 0 Å². The highest BCUT2D eigenvalue weighted by atomic mass is 127. The minimum Gasteiger partial charge on any atom is -0.445 e. The minimum absolute atomic E-state index is 0.00719. The van der Waals surface area contributed by atoms with E-state index in [0.717, 1.165) is 21.0 Å². The third-order valence-corrected chi connectivity index (χ3v) is 4.59. The van der Waals surface area contributed by atoms with E-state index in [-0.39, 0.29) is 18.7 Å². The highest BCUT2D eigenvalue weighted by molar-refractivity contribution is 14.1. The van der Waals surface area contributed by atoms with E-state index in [0.29, 0.717) is 12.1 Å². The van der Waals surface area contributed by atoms with Crippen LogP contribution in [0.2, 0.25) is 0 Å². The van der Waals surface area contributed by atoms with Crippen LogP contribution < -0.4 is 0 Å². The predicted octanol–water partition coefficient (Wildman–Crippen LogP) is 4.65. The van der Waals surface area contributed by atoms with Gasteiger partial charge in [0.25, 0.3) is 0 Å². The van der Waals surface area contributed by atoms with Crippen molar-refractivity contribution in [3.63, 3.8) is 0 Å². The maximum atomic E-state index is 12.4. The molecular weight excluding hydrogens is 417 g/mol. The topological polar surface area (TPSA) is 46.6 Å². The molecule has 4 nitrogen and oxygen atoms in total. The lowest BCUT2D eigenvalue weighted by Gasteiger charge is -2.26. The van der Waals surface area contributed by atoms with Gasteiger partial charge in [-0.2, -0.15) is 0 Å². The Hall–Kier alpha value is -1.89. The van der Waals surface area contributed by atoms with Gasteiger partial charge in [0.15, 0.2) is 6.29 Å². The van der Waals surface area contributed by atoms with Crippen LogP contribution in [0.15, 0.2) is 48.5 Å². The van der Waals surface area contributed by atoms with Crippen LogP contribution >= 0.6 is 22.6 Å². The molecule has 0 N–H and O–H groups in total. The van der Waals surface area contributed by atoms with Crippen molar-refractivity contribution in [2.75, 3.05) is 0 Å². The third-order valence-electron chi connectivity index (χ3n) is 3.60. The molecule has 0 spiro atoms. The van der Waals surface area contributed by atoms with Crippen molar-refractivity contribution in [1.29, 1.82) is 0 Å². The number of benzene rings is 2. The number of halogens is 1. The summed E-state index contributed by atoms with van der Waals surface area (Å²) in [5.74, 6) is 0. The fraction of sp³-hybridized carbons (Fsp3) is 0.263. The Morgan fingerprint density at radius 3 is 2.50 bits per heavy atom. The van der Waals surface area contributed by atoms with Crippen LogP contribution in [-0.2, 0) is 17.9 Å². The Kier molecular flexibility index (Phi) is 6.78. The van der Waals surface area contributed by atoms with Gasteiger partial charge < -0.3 is 9.64 Å². The first-order valence-corrected chi connectivity index (χ1v) is 8.80. The predicted molar refractivity (Wildman–Crippen MR) is 102 cm³/mol. The summed E-state index contributed by atoms with van der Waals surface area (Å²) in [7, 11) is 0. The van der Waals surface area contributed by atoms with Crippen molar-refractivity contribution in [2.45, 2.75) is 33.0 Å². The third kappa shape index (κ3) is 5.06. The lowest BCUT2D eigenvalue weighted by molar-refractivity contribution is 0.0829. The smallest absolute Gasteiger partial charge is 0.410 e. The number of nitrogens with zero attached hydrogens (tertiary/aromatic N) is 1. The quantitative estimate of drug-likeness (QED) is 0.488. The normalized spacial score (nSPS) is 10.5. The SMILES string of the molecule is CC(C)N(Cc1ccc(I)c(C=O)c1)C(=O)OCc1ccccc1. The van der Waals surface area contributed by atoms with Crippen LogP contribution in [-0.4, -0.2) is 23.3 Å². The highest BCUT2D eigenvalue weighted by Gasteiger charge is 2.19. The van der Waals surface area contributed by atoms with E-state index < -0.39 is 0 Å². The first kappa shape index (κ1) is 18.4. The average Bonchev–Trinajstić information content (AvgIpc) is 2.59. The van der Waals surface area contributed by atoms with Crippen LogP contribution in [0.3, 0.4) is 0 Å². The molecule has 24 heavy (non-hydrogen) atoms. The van der Waals surface area contributed by atoms with Gasteiger partial charge in [0.05, 0.1) is 0 Å². The summed E-state index contributed by atoms with van der Waals surface area (Å²) >= 11 is 2.12. The number of amides is 1. The molecule has 126 valence electrons. The summed E-state index contributed by atoms with van der Waals surface area (Å²) in [4.78, 5) is 25.2. The van der Waals surface area contributed by atoms with Crippen molar-refractivity contribution < 1.29 is 14.3 Å². The molecule has 0 fully saturated rings. The Morgan fingerprint density at radius 2 is 1.88 bits per heavy atom. The second-order valence-electron chi connectivity index (χ2n) is 5.74. The number of hydrogen-bond acceptors (Lipinski definition) is 3. The van der Waals surface area contributed by atoms with Crippen LogP contribution in [0.4, 0.5) is 4.79 Å². The first-order valence-electron chi connectivity index (χ1n) is 7.72. The molecule has 0 aliphatic rings. The van der Waals surface area contributed by atoms with Gasteiger partial charge in [-0.1, -0.05) is 36.4 Å². The summed E-state index contributed by atoms with van der Waals surface area (Å²) in [6, 6.07) is 15.2. The molecule has 5 heteroatoms. The molecule has 0 heterocycles. The standard InChI is InChI=1S/C19H20INO3/c1-14(2)21(11-16-8-9-18(20)17(10-16)12-22)19(23)24-13-15-6-4-3-5-7-15/h3-10,12,14H,11,13H2,1-2H3. The first-order chi connectivity index (χ1) is 11.5. The van der Waals surface area contributed by atoms with Crippen LogP contribution in [0, 0.1) is 3.57 Å². The largest absolute Gasteiger partial charge is 0.445 e. The van der Waals surface area contributed by atoms with Gasteiger partial charge in [0.1, 0.15) is 6.61 Å². The molecule has 0 saturated carbocycles. The number of ether oxygens (including phenoxy) is 1. The van der Waals surface area contributed by atoms with Crippen molar-refractivity contribution >= 4 is 35.0 Å². The molecule has 2 rings (SSSR count). The monoisotopic (exact) mass is 437 g/mol. The lowest BCUT2D eigenvalue weighted by atomic mass is 10.1. The summed E-state index contributed by atoms with van der Waals surface area (Å²) in [6.07, 6.45) is 0.471. The van der Waals surface area contributed by atoms with E-state index in [1.807, 2.05) is 62.4 Å². The van der Waals surface area contributed by atoms with Crippen molar-refractivity contribution in [2.24, 2.45) is 0 Å². The van der Waals surface area contributed by atoms with Gasteiger partial charge in [0, 0.05) is 21.7 Å². The number of carbonyl (C=O) groups is 2. The zero-order valence-corrected chi connectivity index (χ0v) is 15.9. The van der Waals surface area contributed by atoms with E-state index in [1.54, 1.807) is 4.90 Å². The molecule has 0 atom stereocenters. The van der Waals surface area contributed by atoms with Gasteiger partial charge in [-0.15, -0.1) is 0 Å². The van der Waals surface area contributed by atoms with Gasteiger partial charge >= 0.3 is 6.09 Å². The molecule has 0 bridgehead atoms. The van der Waals surface area contributed by atoms with Crippen molar-refractivity contribution in [1.82, 2.24) is 4.90 Å². The van der Waals surface area contributed by atoms with E-state index in [9.17, 15) is 9.59 Å². The van der Waals surface area contributed by atoms with Gasteiger partial charge in [-0.3, -0.25) is 4.79 Å². The molecule has 0 aliphatic carbocycles.